The molecule has 1 heterocycles. The van der Waals surface area contributed by atoms with Gasteiger partial charge in [-0.1, -0.05) is 64.5 Å². The van der Waals surface area contributed by atoms with Crippen molar-refractivity contribution < 1.29 is 14.7 Å². The van der Waals surface area contributed by atoms with E-state index in [0.29, 0.717) is 22.2 Å². The van der Waals surface area contributed by atoms with E-state index in [0.717, 1.165) is 22.9 Å². The fraction of sp³-hybridized carbons (Fsp3) is 0.312. The van der Waals surface area contributed by atoms with E-state index in [1.54, 1.807) is 4.90 Å². The quantitative estimate of drug-likeness (QED) is 0.391. The van der Waals surface area contributed by atoms with Crippen molar-refractivity contribution in [3.05, 3.63) is 39.2 Å². The van der Waals surface area contributed by atoms with E-state index in [4.69, 9.17) is 12.2 Å². The van der Waals surface area contributed by atoms with Crippen LogP contribution in [0.5, 0.6) is 0 Å². The molecule has 0 radical (unpaired) electrons. The number of halogens is 1. The molecule has 1 amide bonds. The van der Waals surface area contributed by atoms with Crippen LogP contribution in [-0.2, 0) is 9.59 Å². The number of unbranched alkanes of at least 4 members (excludes halogenated alkanes) is 2. The van der Waals surface area contributed by atoms with Crippen LogP contribution in [0.4, 0.5) is 0 Å². The van der Waals surface area contributed by atoms with Crippen LogP contribution in [0.15, 0.2) is 33.6 Å². The number of hydrogen-bond donors (Lipinski definition) is 0. The molecule has 0 saturated carbocycles. The minimum atomic E-state index is -1.04. The summed E-state index contributed by atoms with van der Waals surface area (Å²) < 4.78 is 1.47. The molecule has 0 unspecified atom stereocenters. The molecule has 122 valence electrons. The number of aliphatic carboxylic acids is 1. The molecule has 1 fully saturated rings. The largest absolute Gasteiger partial charge is 0.550 e. The van der Waals surface area contributed by atoms with Gasteiger partial charge in [0.1, 0.15) is 4.32 Å². The second-order valence-electron chi connectivity index (χ2n) is 5.04. The zero-order valence-corrected chi connectivity index (χ0v) is 15.5. The van der Waals surface area contributed by atoms with Gasteiger partial charge >= 0.3 is 0 Å². The van der Waals surface area contributed by atoms with Gasteiger partial charge in [-0.3, -0.25) is 9.69 Å². The topological polar surface area (TPSA) is 60.4 Å². The third-order valence-corrected chi connectivity index (χ3v) is 5.43. The van der Waals surface area contributed by atoms with Crippen LogP contribution >= 0.6 is 39.9 Å². The van der Waals surface area contributed by atoms with E-state index >= 15 is 0 Å². The SMILES string of the molecule is O=C([O-])CCCCCN1C(=O)/C(=C/c2ccccc2Br)SC1=S. The molecule has 1 aromatic carbocycles. The van der Waals surface area contributed by atoms with E-state index in [1.165, 1.54) is 11.8 Å². The lowest BCUT2D eigenvalue weighted by Crippen LogP contribution is -2.29. The van der Waals surface area contributed by atoms with Gasteiger partial charge in [-0.2, -0.15) is 0 Å². The number of hydrogen-bond acceptors (Lipinski definition) is 5. The molecule has 1 aliphatic rings. The average Bonchev–Trinajstić information content (AvgIpc) is 2.76. The number of nitrogens with zero attached hydrogens (tertiary/aromatic N) is 1. The zero-order chi connectivity index (χ0) is 16.8. The number of thioether (sulfide) groups is 1. The summed E-state index contributed by atoms with van der Waals surface area (Å²) in [5.74, 6) is -1.12. The van der Waals surface area contributed by atoms with Crippen LogP contribution in [0.1, 0.15) is 31.2 Å². The molecule has 0 N–H and O–H groups in total. The molecule has 23 heavy (non-hydrogen) atoms. The highest BCUT2D eigenvalue weighted by Crippen LogP contribution is 2.33. The van der Waals surface area contributed by atoms with Gasteiger partial charge in [0.05, 0.1) is 4.91 Å². The van der Waals surface area contributed by atoms with Crippen molar-refractivity contribution in [3.8, 4) is 0 Å². The predicted molar refractivity (Wildman–Crippen MR) is 97.5 cm³/mol. The molecule has 0 aromatic heterocycles. The zero-order valence-electron chi connectivity index (χ0n) is 12.3. The van der Waals surface area contributed by atoms with Gasteiger partial charge in [0.15, 0.2) is 0 Å². The Labute approximate surface area is 153 Å². The van der Waals surface area contributed by atoms with Crippen molar-refractivity contribution >= 4 is 62.2 Å². The van der Waals surface area contributed by atoms with Gasteiger partial charge in [0, 0.05) is 17.0 Å². The minimum absolute atomic E-state index is 0.0559. The Morgan fingerprint density at radius 3 is 2.74 bits per heavy atom. The van der Waals surface area contributed by atoms with Crippen molar-refractivity contribution in [3.63, 3.8) is 0 Å². The van der Waals surface area contributed by atoms with Gasteiger partial charge in [-0.25, -0.2) is 0 Å². The first-order chi connectivity index (χ1) is 11.0. The van der Waals surface area contributed by atoms with Gasteiger partial charge in [0.2, 0.25) is 0 Å². The maximum Gasteiger partial charge on any atom is 0.266 e. The lowest BCUT2D eigenvalue weighted by atomic mass is 10.2. The first-order valence-electron chi connectivity index (χ1n) is 7.19. The lowest BCUT2D eigenvalue weighted by molar-refractivity contribution is -0.305. The molecular formula is C16H15BrNO3S2-. The lowest BCUT2D eigenvalue weighted by Gasteiger charge is -2.14. The maximum atomic E-state index is 12.4. The third-order valence-electron chi connectivity index (χ3n) is 3.33. The van der Waals surface area contributed by atoms with Crippen LogP contribution in [0, 0.1) is 0 Å². The fourth-order valence-electron chi connectivity index (χ4n) is 2.14. The summed E-state index contributed by atoms with van der Waals surface area (Å²) in [6.45, 7) is 0.519. The number of carboxylic acid groups (broad SMARTS) is 1. The molecule has 0 aliphatic carbocycles. The Balaban J connectivity index is 1.95. The minimum Gasteiger partial charge on any atom is -0.550 e. The number of rotatable bonds is 7. The number of carbonyl (C=O) groups is 2. The Morgan fingerprint density at radius 2 is 2.04 bits per heavy atom. The van der Waals surface area contributed by atoms with Gasteiger partial charge in [0.25, 0.3) is 5.91 Å². The van der Waals surface area contributed by atoms with Crippen molar-refractivity contribution in [2.24, 2.45) is 0 Å². The summed E-state index contributed by atoms with van der Waals surface area (Å²) in [6.07, 6.45) is 3.90. The van der Waals surface area contributed by atoms with E-state index in [2.05, 4.69) is 15.9 Å². The van der Waals surface area contributed by atoms with Crippen molar-refractivity contribution in [1.29, 1.82) is 0 Å². The van der Waals surface area contributed by atoms with Gasteiger partial charge in [-0.05, 0) is 37.0 Å². The smallest absolute Gasteiger partial charge is 0.266 e. The third kappa shape index (κ3) is 5.16. The van der Waals surface area contributed by atoms with Crippen LogP contribution in [-0.4, -0.2) is 27.6 Å². The molecule has 0 bridgehead atoms. The number of carbonyl (C=O) groups excluding carboxylic acids is 2. The standard InChI is InChI=1S/C16H16BrNO3S2/c17-12-7-4-3-6-11(12)10-13-15(21)18(16(22)23-13)9-5-1-2-8-14(19)20/h3-4,6-7,10H,1-2,5,8-9H2,(H,19,20)/p-1/b13-10-. The average molecular weight is 413 g/mol. The number of carboxylic acids is 1. The summed E-state index contributed by atoms with van der Waals surface area (Å²) in [5.41, 5.74) is 0.932. The molecule has 1 aliphatic heterocycles. The summed E-state index contributed by atoms with van der Waals surface area (Å²) in [5, 5.41) is 10.4. The molecule has 7 heteroatoms. The number of thiocarbonyl (C=S) groups is 1. The van der Waals surface area contributed by atoms with E-state index in [1.807, 2.05) is 30.3 Å². The number of amides is 1. The van der Waals surface area contributed by atoms with E-state index in [-0.39, 0.29) is 12.3 Å². The number of benzene rings is 1. The van der Waals surface area contributed by atoms with Crippen LogP contribution in [0.3, 0.4) is 0 Å². The predicted octanol–water partition coefficient (Wildman–Crippen LogP) is 2.96. The van der Waals surface area contributed by atoms with E-state index in [9.17, 15) is 14.7 Å². The van der Waals surface area contributed by atoms with Crippen LogP contribution in [0.2, 0.25) is 0 Å². The normalized spacial score (nSPS) is 16.4. The molecule has 0 atom stereocenters. The fourth-order valence-corrected chi connectivity index (χ4v) is 3.84. The first-order valence-corrected chi connectivity index (χ1v) is 9.20. The molecule has 4 nitrogen and oxygen atoms in total. The Hall–Kier alpha value is -1.18. The Morgan fingerprint density at radius 1 is 1.30 bits per heavy atom. The highest BCUT2D eigenvalue weighted by molar-refractivity contribution is 9.10. The Bertz CT molecular complexity index is 660. The second-order valence-corrected chi connectivity index (χ2v) is 7.57. The molecule has 0 spiro atoms. The summed E-state index contributed by atoms with van der Waals surface area (Å²) in [6, 6.07) is 7.67. The summed E-state index contributed by atoms with van der Waals surface area (Å²) >= 11 is 10.0. The van der Waals surface area contributed by atoms with Crippen molar-refractivity contribution in [2.75, 3.05) is 6.54 Å². The van der Waals surface area contributed by atoms with Gasteiger partial charge < -0.3 is 9.90 Å². The highest BCUT2D eigenvalue weighted by Gasteiger charge is 2.31. The second kappa shape index (κ2) is 8.61. The monoisotopic (exact) mass is 412 g/mol. The molecule has 1 aromatic rings. The molecule has 2 rings (SSSR count). The molecular weight excluding hydrogens is 398 g/mol. The molecule has 1 saturated heterocycles. The maximum absolute atomic E-state index is 12.4. The summed E-state index contributed by atoms with van der Waals surface area (Å²) in [7, 11) is 0. The van der Waals surface area contributed by atoms with Crippen molar-refractivity contribution in [1.82, 2.24) is 4.90 Å². The van der Waals surface area contributed by atoms with Crippen LogP contribution in [0.25, 0.3) is 6.08 Å². The van der Waals surface area contributed by atoms with Gasteiger partial charge in [-0.15, -0.1) is 0 Å². The Kier molecular flexibility index (Phi) is 6.80. The highest BCUT2D eigenvalue weighted by atomic mass is 79.9. The first kappa shape index (κ1) is 18.2. The van der Waals surface area contributed by atoms with E-state index < -0.39 is 5.97 Å². The van der Waals surface area contributed by atoms with Crippen LogP contribution < -0.4 is 5.11 Å². The van der Waals surface area contributed by atoms with Crippen molar-refractivity contribution in [2.45, 2.75) is 25.7 Å². The summed E-state index contributed by atoms with van der Waals surface area (Å²) in [4.78, 5) is 25.0.